The van der Waals surface area contributed by atoms with Crippen LogP contribution in [0, 0.1) is 11.6 Å². The molecular weight excluding hydrogens is 376 g/mol. The number of aliphatic imine (C=N–C) groups is 1. The fourth-order valence-corrected chi connectivity index (χ4v) is 3.58. The van der Waals surface area contributed by atoms with E-state index >= 15 is 0 Å². The highest BCUT2D eigenvalue weighted by Gasteiger charge is 2.22. The number of halogens is 2. The standard InChI is InChI=1S/C20H29F2N7/c1-23-20(24-9-2-3-10-29-14-25-26-15-29)27-16-6-5-11-28(12-16)13-17-18(21)7-4-8-19(17)22/h4,7-8,14-16H,2-3,5-6,9-13H2,1H3,(H2,23,24,27). The lowest BCUT2D eigenvalue weighted by Crippen LogP contribution is -2.51. The minimum Gasteiger partial charge on any atom is -0.356 e. The Morgan fingerprint density at radius 3 is 2.69 bits per heavy atom. The topological polar surface area (TPSA) is 70.4 Å². The molecule has 158 valence electrons. The van der Waals surface area contributed by atoms with Gasteiger partial charge in [-0.3, -0.25) is 9.89 Å². The predicted octanol–water partition coefficient (Wildman–Crippen LogP) is 2.17. The molecule has 3 rings (SSSR count). The van der Waals surface area contributed by atoms with E-state index in [1.54, 1.807) is 19.7 Å². The zero-order chi connectivity index (χ0) is 20.5. The maximum absolute atomic E-state index is 13.9. The van der Waals surface area contributed by atoms with Crippen molar-refractivity contribution in [3.63, 3.8) is 0 Å². The van der Waals surface area contributed by atoms with Crippen LogP contribution < -0.4 is 10.6 Å². The highest BCUT2D eigenvalue weighted by molar-refractivity contribution is 5.79. The monoisotopic (exact) mass is 405 g/mol. The van der Waals surface area contributed by atoms with Crippen LogP contribution in [0.3, 0.4) is 0 Å². The Kier molecular flexibility index (Phi) is 7.92. The predicted molar refractivity (Wildman–Crippen MR) is 108 cm³/mol. The average Bonchev–Trinajstić information content (AvgIpc) is 3.23. The summed E-state index contributed by atoms with van der Waals surface area (Å²) in [5.41, 5.74) is 0.142. The number of benzene rings is 1. The number of unbranched alkanes of at least 4 members (excludes halogenated alkanes) is 1. The van der Waals surface area contributed by atoms with Crippen molar-refractivity contribution in [3.8, 4) is 0 Å². The lowest BCUT2D eigenvalue weighted by atomic mass is 10.0. The van der Waals surface area contributed by atoms with Gasteiger partial charge in [0, 0.05) is 44.8 Å². The van der Waals surface area contributed by atoms with E-state index < -0.39 is 11.6 Å². The van der Waals surface area contributed by atoms with Gasteiger partial charge in [-0.25, -0.2) is 8.78 Å². The second-order valence-electron chi connectivity index (χ2n) is 7.32. The third-order valence-electron chi connectivity index (χ3n) is 5.12. The molecule has 0 spiro atoms. The second kappa shape index (κ2) is 10.8. The lowest BCUT2D eigenvalue weighted by molar-refractivity contribution is 0.188. The summed E-state index contributed by atoms with van der Waals surface area (Å²) < 4.78 is 29.8. The number of guanidine groups is 1. The van der Waals surface area contributed by atoms with Crippen LogP contribution in [0.2, 0.25) is 0 Å². The fraction of sp³-hybridized carbons (Fsp3) is 0.550. The molecule has 1 fully saturated rings. The zero-order valence-corrected chi connectivity index (χ0v) is 16.8. The summed E-state index contributed by atoms with van der Waals surface area (Å²) in [6.45, 7) is 3.55. The normalized spacial score (nSPS) is 18.0. The number of piperidine rings is 1. The fourth-order valence-electron chi connectivity index (χ4n) is 3.58. The first-order chi connectivity index (χ1) is 14.2. The number of hydrogen-bond acceptors (Lipinski definition) is 4. The third kappa shape index (κ3) is 6.49. The molecule has 7 nitrogen and oxygen atoms in total. The molecule has 9 heteroatoms. The third-order valence-corrected chi connectivity index (χ3v) is 5.12. The molecule has 1 aliphatic rings. The smallest absolute Gasteiger partial charge is 0.191 e. The molecule has 0 saturated carbocycles. The maximum atomic E-state index is 13.9. The highest BCUT2D eigenvalue weighted by Crippen LogP contribution is 2.18. The van der Waals surface area contributed by atoms with Crippen LogP contribution in [-0.2, 0) is 13.1 Å². The Labute approximate surface area is 170 Å². The van der Waals surface area contributed by atoms with E-state index in [0.29, 0.717) is 0 Å². The number of aromatic nitrogens is 3. The van der Waals surface area contributed by atoms with Crippen molar-refractivity contribution in [1.82, 2.24) is 30.3 Å². The van der Waals surface area contributed by atoms with Gasteiger partial charge in [-0.2, -0.15) is 0 Å². The summed E-state index contributed by atoms with van der Waals surface area (Å²) in [4.78, 5) is 6.39. The van der Waals surface area contributed by atoms with Crippen LogP contribution in [0.25, 0.3) is 0 Å². The average molecular weight is 405 g/mol. The van der Waals surface area contributed by atoms with Gasteiger partial charge in [-0.15, -0.1) is 10.2 Å². The molecular formula is C20H29F2N7. The molecule has 0 aliphatic carbocycles. The SMILES string of the molecule is CN=C(NCCCCn1cnnc1)NC1CCCN(Cc2c(F)cccc2F)C1. The van der Waals surface area contributed by atoms with Gasteiger partial charge in [0.15, 0.2) is 5.96 Å². The zero-order valence-electron chi connectivity index (χ0n) is 16.8. The molecule has 0 bridgehead atoms. The van der Waals surface area contributed by atoms with E-state index in [0.717, 1.165) is 57.8 Å². The van der Waals surface area contributed by atoms with E-state index in [1.807, 2.05) is 4.57 Å². The number of nitrogens with zero attached hydrogens (tertiary/aromatic N) is 5. The molecule has 1 aromatic heterocycles. The Bertz CT molecular complexity index is 759. The van der Waals surface area contributed by atoms with Crippen molar-refractivity contribution in [3.05, 3.63) is 48.1 Å². The van der Waals surface area contributed by atoms with Crippen LogP contribution in [0.1, 0.15) is 31.2 Å². The first-order valence-corrected chi connectivity index (χ1v) is 10.1. The summed E-state index contributed by atoms with van der Waals surface area (Å²) in [6, 6.07) is 4.22. The Balaban J connectivity index is 1.41. The van der Waals surface area contributed by atoms with Crippen molar-refractivity contribution >= 4 is 5.96 Å². The molecule has 1 atom stereocenters. The molecule has 1 aromatic carbocycles. The van der Waals surface area contributed by atoms with Crippen LogP contribution in [-0.4, -0.2) is 58.3 Å². The van der Waals surface area contributed by atoms with E-state index in [2.05, 4.69) is 30.7 Å². The summed E-state index contributed by atoms with van der Waals surface area (Å²) >= 11 is 0. The quantitative estimate of drug-likeness (QED) is 0.400. The molecule has 1 saturated heterocycles. The maximum Gasteiger partial charge on any atom is 0.191 e. The van der Waals surface area contributed by atoms with Crippen molar-refractivity contribution in [1.29, 1.82) is 0 Å². The highest BCUT2D eigenvalue weighted by atomic mass is 19.1. The number of likely N-dealkylation sites (tertiary alicyclic amines) is 1. The van der Waals surface area contributed by atoms with Crippen LogP contribution in [0.15, 0.2) is 35.8 Å². The Morgan fingerprint density at radius 2 is 1.97 bits per heavy atom. The summed E-state index contributed by atoms with van der Waals surface area (Å²) in [6.07, 6.45) is 7.44. The van der Waals surface area contributed by atoms with Gasteiger partial charge in [0.1, 0.15) is 24.3 Å². The minimum atomic E-state index is -0.482. The van der Waals surface area contributed by atoms with Crippen molar-refractivity contribution in [2.45, 2.75) is 44.8 Å². The lowest BCUT2D eigenvalue weighted by Gasteiger charge is -2.34. The van der Waals surface area contributed by atoms with E-state index in [4.69, 9.17) is 0 Å². The summed E-state index contributed by atoms with van der Waals surface area (Å²) in [5.74, 6) is -0.203. The van der Waals surface area contributed by atoms with Gasteiger partial charge in [0.05, 0.1) is 0 Å². The summed E-state index contributed by atoms with van der Waals surface area (Å²) in [7, 11) is 1.75. The van der Waals surface area contributed by atoms with Crippen LogP contribution in [0.5, 0.6) is 0 Å². The summed E-state index contributed by atoms with van der Waals surface area (Å²) in [5, 5.41) is 14.4. The number of nitrogens with one attached hydrogen (secondary N) is 2. The number of hydrogen-bond donors (Lipinski definition) is 2. The van der Waals surface area contributed by atoms with E-state index in [1.165, 1.54) is 18.2 Å². The first kappa shape index (κ1) is 21.2. The molecule has 2 aromatic rings. The van der Waals surface area contributed by atoms with E-state index in [-0.39, 0.29) is 18.2 Å². The van der Waals surface area contributed by atoms with Crippen molar-refractivity contribution < 1.29 is 8.78 Å². The molecule has 0 amide bonds. The van der Waals surface area contributed by atoms with Gasteiger partial charge in [0.25, 0.3) is 0 Å². The number of rotatable bonds is 8. The van der Waals surface area contributed by atoms with Gasteiger partial charge in [-0.1, -0.05) is 6.07 Å². The Morgan fingerprint density at radius 1 is 1.21 bits per heavy atom. The first-order valence-electron chi connectivity index (χ1n) is 10.1. The van der Waals surface area contributed by atoms with Crippen molar-refractivity contribution in [2.24, 2.45) is 4.99 Å². The minimum absolute atomic E-state index is 0.142. The molecule has 2 N–H and O–H groups in total. The molecule has 29 heavy (non-hydrogen) atoms. The Hall–Kier alpha value is -2.55. The van der Waals surface area contributed by atoms with Gasteiger partial charge >= 0.3 is 0 Å². The van der Waals surface area contributed by atoms with Gasteiger partial charge in [0.2, 0.25) is 0 Å². The van der Waals surface area contributed by atoms with Gasteiger partial charge in [-0.05, 0) is 44.4 Å². The van der Waals surface area contributed by atoms with Gasteiger partial charge < -0.3 is 15.2 Å². The molecule has 2 heterocycles. The molecule has 1 aliphatic heterocycles. The van der Waals surface area contributed by atoms with Crippen LogP contribution >= 0.6 is 0 Å². The molecule has 0 radical (unpaired) electrons. The van der Waals surface area contributed by atoms with Crippen molar-refractivity contribution in [2.75, 3.05) is 26.7 Å². The largest absolute Gasteiger partial charge is 0.356 e. The number of aryl methyl sites for hydroxylation is 1. The van der Waals surface area contributed by atoms with E-state index in [9.17, 15) is 8.78 Å². The molecule has 1 unspecified atom stereocenters. The van der Waals surface area contributed by atoms with Crippen LogP contribution in [0.4, 0.5) is 8.78 Å². The second-order valence-corrected chi connectivity index (χ2v) is 7.32.